The zero-order valence-corrected chi connectivity index (χ0v) is 19.1. The molecular weight excluding hydrogens is 404 g/mol. The first-order valence-electron chi connectivity index (χ1n) is 12.1. The Kier molecular flexibility index (Phi) is 7.63. The molecule has 1 aliphatic carbocycles. The van der Waals surface area contributed by atoms with E-state index in [1.54, 1.807) is 13.3 Å². The maximum atomic E-state index is 11.2. The molecule has 2 heterocycles. The van der Waals surface area contributed by atoms with E-state index in [4.69, 9.17) is 4.74 Å². The Morgan fingerprint density at radius 2 is 2.03 bits per heavy atom. The maximum absolute atomic E-state index is 11.2. The number of nitrogens with zero attached hydrogens (tertiary/aromatic N) is 2. The SMILES string of the molecule is COc1ccc2nccc(C(O)CC[C@@H]3CCN(CCC4CC4)C[C@@H]3CCC(=O)O)c2c1. The van der Waals surface area contributed by atoms with Gasteiger partial charge in [0.05, 0.1) is 18.7 Å². The molecule has 0 radical (unpaired) electrons. The molecule has 2 fully saturated rings. The Balaban J connectivity index is 1.39. The van der Waals surface area contributed by atoms with Gasteiger partial charge in [-0.15, -0.1) is 0 Å². The van der Waals surface area contributed by atoms with E-state index in [-0.39, 0.29) is 6.42 Å². The smallest absolute Gasteiger partial charge is 0.303 e. The van der Waals surface area contributed by atoms with Crippen molar-refractivity contribution in [2.24, 2.45) is 17.8 Å². The van der Waals surface area contributed by atoms with Gasteiger partial charge in [-0.3, -0.25) is 9.78 Å². The van der Waals surface area contributed by atoms with Gasteiger partial charge in [-0.05, 0) is 92.8 Å². The van der Waals surface area contributed by atoms with Crippen LogP contribution in [-0.4, -0.2) is 52.8 Å². The summed E-state index contributed by atoms with van der Waals surface area (Å²) in [7, 11) is 1.64. The number of rotatable bonds is 11. The lowest BCUT2D eigenvalue weighted by Gasteiger charge is -2.39. The molecular formula is C26H36N2O4. The minimum Gasteiger partial charge on any atom is -0.497 e. The third kappa shape index (κ3) is 5.99. The van der Waals surface area contributed by atoms with Crippen LogP contribution in [0.15, 0.2) is 30.5 Å². The summed E-state index contributed by atoms with van der Waals surface area (Å²) < 4.78 is 5.36. The fraction of sp³-hybridized carbons (Fsp3) is 0.615. The van der Waals surface area contributed by atoms with Gasteiger partial charge in [0.15, 0.2) is 0 Å². The normalized spacial score (nSPS) is 22.7. The van der Waals surface area contributed by atoms with Crippen molar-refractivity contribution in [1.82, 2.24) is 9.88 Å². The van der Waals surface area contributed by atoms with Gasteiger partial charge in [0.1, 0.15) is 5.75 Å². The molecule has 32 heavy (non-hydrogen) atoms. The molecule has 4 rings (SSSR count). The van der Waals surface area contributed by atoms with Crippen LogP contribution in [-0.2, 0) is 4.79 Å². The molecule has 2 aliphatic rings. The highest BCUT2D eigenvalue weighted by Gasteiger charge is 2.31. The molecule has 6 nitrogen and oxygen atoms in total. The summed E-state index contributed by atoms with van der Waals surface area (Å²) in [6.45, 7) is 3.23. The summed E-state index contributed by atoms with van der Waals surface area (Å²) in [5.41, 5.74) is 1.74. The van der Waals surface area contributed by atoms with Gasteiger partial charge >= 0.3 is 5.97 Å². The van der Waals surface area contributed by atoms with Crippen LogP contribution in [0.4, 0.5) is 0 Å². The molecule has 1 aromatic carbocycles. The van der Waals surface area contributed by atoms with Crippen molar-refractivity contribution < 1.29 is 19.7 Å². The van der Waals surface area contributed by atoms with Gasteiger partial charge in [0.25, 0.3) is 0 Å². The Bertz CT molecular complexity index is 914. The number of methoxy groups -OCH3 is 1. The summed E-state index contributed by atoms with van der Waals surface area (Å²) in [6.07, 6.45) is 8.86. The van der Waals surface area contributed by atoms with Crippen molar-refractivity contribution in [2.75, 3.05) is 26.7 Å². The van der Waals surface area contributed by atoms with Gasteiger partial charge in [-0.2, -0.15) is 0 Å². The standard InChI is InChI=1S/C26H36N2O4/c1-32-21-6-7-24-23(16-21)22(10-13-27-24)25(29)8-4-19-12-15-28(14-11-18-2-3-18)17-20(19)5-9-26(30)31/h6-7,10,13,16,18-20,25,29H,2-5,8-9,11-12,14-15,17H2,1H3,(H,30,31)/t19-,20+,25?/m1/s1. The Labute approximate surface area is 190 Å². The number of hydrogen-bond acceptors (Lipinski definition) is 5. The van der Waals surface area contributed by atoms with E-state index in [9.17, 15) is 15.0 Å². The number of benzene rings is 1. The van der Waals surface area contributed by atoms with Crippen molar-refractivity contribution in [2.45, 2.75) is 57.5 Å². The molecule has 1 aromatic heterocycles. The summed E-state index contributed by atoms with van der Waals surface area (Å²) in [4.78, 5) is 18.2. The molecule has 2 aromatic rings. The molecule has 6 heteroatoms. The maximum Gasteiger partial charge on any atom is 0.303 e. The first-order valence-corrected chi connectivity index (χ1v) is 12.1. The van der Waals surface area contributed by atoms with Gasteiger partial charge in [0, 0.05) is 24.5 Å². The minimum absolute atomic E-state index is 0.231. The van der Waals surface area contributed by atoms with Crippen LogP contribution in [0.2, 0.25) is 0 Å². The molecule has 1 saturated carbocycles. The number of ether oxygens (including phenoxy) is 1. The highest BCUT2D eigenvalue weighted by Crippen LogP contribution is 2.37. The predicted octanol–water partition coefficient (Wildman–Crippen LogP) is 4.66. The number of aliphatic hydroxyl groups excluding tert-OH is 1. The molecule has 1 unspecified atom stereocenters. The lowest BCUT2D eigenvalue weighted by Crippen LogP contribution is -2.41. The minimum atomic E-state index is -0.712. The predicted molar refractivity (Wildman–Crippen MR) is 125 cm³/mol. The van der Waals surface area contributed by atoms with E-state index in [1.165, 1.54) is 19.3 Å². The van der Waals surface area contributed by atoms with Gasteiger partial charge in [-0.1, -0.05) is 12.8 Å². The number of carboxylic acid groups (broad SMARTS) is 1. The Hall–Kier alpha value is -2.18. The van der Waals surface area contributed by atoms with Crippen molar-refractivity contribution in [3.63, 3.8) is 0 Å². The van der Waals surface area contributed by atoms with Crippen molar-refractivity contribution >= 4 is 16.9 Å². The number of hydrogen-bond donors (Lipinski definition) is 2. The summed E-state index contributed by atoms with van der Waals surface area (Å²) in [5.74, 6) is 1.82. The molecule has 0 spiro atoms. The number of aliphatic carboxylic acids is 1. The molecule has 1 aliphatic heterocycles. The van der Waals surface area contributed by atoms with E-state index in [2.05, 4.69) is 9.88 Å². The largest absolute Gasteiger partial charge is 0.497 e. The first-order chi connectivity index (χ1) is 15.5. The zero-order valence-electron chi connectivity index (χ0n) is 19.1. The number of aliphatic hydroxyl groups is 1. The second-order valence-corrected chi connectivity index (χ2v) is 9.65. The highest BCUT2D eigenvalue weighted by atomic mass is 16.5. The van der Waals surface area contributed by atoms with Crippen LogP contribution in [0.5, 0.6) is 5.75 Å². The van der Waals surface area contributed by atoms with Crippen LogP contribution in [0, 0.1) is 17.8 Å². The molecule has 174 valence electrons. The number of aromatic nitrogens is 1. The van der Waals surface area contributed by atoms with Crippen LogP contribution in [0.1, 0.15) is 63.0 Å². The van der Waals surface area contributed by atoms with Crippen LogP contribution in [0.3, 0.4) is 0 Å². The molecule has 3 atom stereocenters. The molecule has 1 saturated heterocycles. The third-order valence-corrected chi connectivity index (χ3v) is 7.41. The van der Waals surface area contributed by atoms with Crippen molar-refractivity contribution in [3.8, 4) is 5.75 Å². The van der Waals surface area contributed by atoms with Crippen LogP contribution < -0.4 is 4.74 Å². The Morgan fingerprint density at radius 1 is 1.19 bits per heavy atom. The second-order valence-electron chi connectivity index (χ2n) is 9.65. The lowest BCUT2D eigenvalue weighted by molar-refractivity contribution is -0.137. The van der Waals surface area contributed by atoms with E-state index in [0.29, 0.717) is 18.3 Å². The average Bonchev–Trinajstić information content (AvgIpc) is 3.64. The van der Waals surface area contributed by atoms with Crippen LogP contribution in [0.25, 0.3) is 10.9 Å². The number of pyridine rings is 1. The fourth-order valence-electron chi connectivity index (χ4n) is 5.24. The number of likely N-dealkylation sites (tertiary alicyclic amines) is 1. The fourth-order valence-corrected chi connectivity index (χ4v) is 5.24. The van der Waals surface area contributed by atoms with Crippen molar-refractivity contribution in [1.29, 1.82) is 0 Å². The van der Waals surface area contributed by atoms with Crippen molar-refractivity contribution in [3.05, 3.63) is 36.0 Å². The lowest BCUT2D eigenvalue weighted by atomic mass is 9.79. The monoisotopic (exact) mass is 440 g/mol. The first kappa shape index (κ1) is 23.0. The molecule has 0 amide bonds. The third-order valence-electron chi connectivity index (χ3n) is 7.41. The van der Waals surface area contributed by atoms with Gasteiger partial charge in [-0.25, -0.2) is 0 Å². The number of carboxylic acids is 1. The number of fused-ring (bicyclic) bond motifs is 1. The number of piperidine rings is 1. The van der Waals surface area contributed by atoms with Crippen LogP contribution >= 0.6 is 0 Å². The summed E-state index contributed by atoms with van der Waals surface area (Å²) in [5, 5.41) is 21.2. The summed E-state index contributed by atoms with van der Waals surface area (Å²) in [6, 6.07) is 7.64. The summed E-state index contributed by atoms with van der Waals surface area (Å²) >= 11 is 0. The molecule has 0 bridgehead atoms. The van der Waals surface area contributed by atoms with Gasteiger partial charge in [0.2, 0.25) is 0 Å². The van der Waals surface area contributed by atoms with E-state index in [1.807, 2.05) is 24.3 Å². The average molecular weight is 441 g/mol. The van der Waals surface area contributed by atoms with E-state index < -0.39 is 12.1 Å². The highest BCUT2D eigenvalue weighted by molar-refractivity contribution is 5.83. The van der Waals surface area contributed by atoms with E-state index >= 15 is 0 Å². The van der Waals surface area contributed by atoms with E-state index in [0.717, 1.165) is 67.0 Å². The zero-order chi connectivity index (χ0) is 22.5. The second kappa shape index (κ2) is 10.6. The topological polar surface area (TPSA) is 82.9 Å². The van der Waals surface area contributed by atoms with Gasteiger partial charge < -0.3 is 19.8 Å². The quantitative estimate of drug-likeness (QED) is 0.529. The molecule has 2 N–H and O–H groups in total. The number of carbonyl (C=O) groups is 1. The Morgan fingerprint density at radius 3 is 2.78 bits per heavy atom.